The van der Waals surface area contributed by atoms with E-state index in [1.807, 2.05) is 64.1 Å². The van der Waals surface area contributed by atoms with E-state index in [9.17, 15) is 9.59 Å². The first-order valence-electron chi connectivity index (χ1n) is 11.7. The van der Waals surface area contributed by atoms with Crippen molar-refractivity contribution in [2.24, 2.45) is 0 Å². The second-order valence-corrected chi connectivity index (χ2v) is 9.06. The molecule has 5 nitrogen and oxygen atoms in total. The number of hydrogen-bond acceptors (Lipinski definition) is 3. The van der Waals surface area contributed by atoms with Gasteiger partial charge in [-0.15, -0.1) is 0 Å². The Morgan fingerprint density at radius 3 is 2.47 bits per heavy atom. The molecule has 32 heavy (non-hydrogen) atoms. The summed E-state index contributed by atoms with van der Waals surface area (Å²) in [6.45, 7) is 8.16. The van der Waals surface area contributed by atoms with E-state index in [-0.39, 0.29) is 24.5 Å². The van der Waals surface area contributed by atoms with E-state index in [1.54, 1.807) is 4.90 Å². The van der Waals surface area contributed by atoms with Crippen LogP contribution in [0.3, 0.4) is 0 Å². The minimum absolute atomic E-state index is 0.0934. The van der Waals surface area contributed by atoms with Crippen molar-refractivity contribution in [1.29, 1.82) is 0 Å². The Hall–Kier alpha value is -2.82. The Morgan fingerprint density at radius 2 is 1.78 bits per heavy atom. The molecule has 2 aromatic carbocycles. The van der Waals surface area contributed by atoms with Crippen LogP contribution in [0.25, 0.3) is 0 Å². The van der Waals surface area contributed by atoms with Crippen molar-refractivity contribution in [2.75, 3.05) is 6.61 Å². The quantitative estimate of drug-likeness (QED) is 0.643. The van der Waals surface area contributed by atoms with Gasteiger partial charge in [0.2, 0.25) is 5.91 Å². The number of nitrogens with zero attached hydrogens (tertiary/aromatic N) is 1. The van der Waals surface area contributed by atoms with Crippen molar-refractivity contribution in [3.63, 3.8) is 0 Å². The lowest BCUT2D eigenvalue weighted by Gasteiger charge is -2.31. The van der Waals surface area contributed by atoms with E-state index in [0.29, 0.717) is 12.3 Å². The van der Waals surface area contributed by atoms with Crippen LogP contribution in [-0.2, 0) is 16.1 Å². The van der Waals surface area contributed by atoms with Gasteiger partial charge in [0.1, 0.15) is 11.8 Å². The summed E-state index contributed by atoms with van der Waals surface area (Å²) in [5.41, 5.74) is 4.42. The number of aryl methyl sites for hydroxylation is 3. The third-order valence-corrected chi connectivity index (χ3v) is 6.39. The third kappa shape index (κ3) is 6.59. The molecular formula is C27H36N2O3. The number of carbonyl (C=O) groups excluding carboxylic acids is 2. The van der Waals surface area contributed by atoms with Crippen LogP contribution in [0.15, 0.2) is 42.5 Å². The molecule has 2 amide bonds. The molecule has 0 heterocycles. The zero-order valence-electron chi connectivity index (χ0n) is 19.8. The van der Waals surface area contributed by atoms with Gasteiger partial charge in [0.05, 0.1) is 0 Å². The second kappa shape index (κ2) is 11.2. The molecule has 1 fully saturated rings. The molecule has 3 rings (SSSR count). The van der Waals surface area contributed by atoms with Crippen molar-refractivity contribution in [2.45, 2.75) is 78.4 Å². The molecule has 0 unspecified atom stereocenters. The van der Waals surface area contributed by atoms with Crippen molar-refractivity contribution in [3.05, 3.63) is 64.7 Å². The molecule has 1 N–H and O–H groups in total. The van der Waals surface area contributed by atoms with Crippen molar-refractivity contribution in [3.8, 4) is 5.75 Å². The van der Waals surface area contributed by atoms with Crippen LogP contribution >= 0.6 is 0 Å². The van der Waals surface area contributed by atoms with Crippen LogP contribution in [0.5, 0.6) is 5.75 Å². The van der Waals surface area contributed by atoms with E-state index in [2.05, 4.69) is 11.4 Å². The monoisotopic (exact) mass is 436 g/mol. The summed E-state index contributed by atoms with van der Waals surface area (Å²) in [5, 5.41) is 3.16. The zero-order chi connectivity index (χ0) is 23.1. The third-order valence-electron chi connectivity index (χ3n) is 6.39. The van der Waals surface area contributed by atoms with Gasteiger partial charge >= 0.3 is 0 Å². The summed E-state index contributed by atoms with van der Waals surface area (Å²) in [4.78, 5) is 27.9. The van der Waals surface area contributed by atoms with Gasteiger partial charge in [0.25, 0.3) is 5.91 Å². The van der Waals surface area contributed by atoms with Gasteiger partial charge in [0, 0.05) is 12.6 Å². The fraction of sp³-hybridized carbons (Fsp3) is 0.481. The summed E-state index contributed by atoms with van der Waals surface area (Å²) < 4.78 is 5.80. The number of amides is 2. The summed E-state index contributed by atoms with van der Waals surface area (Å²) in [6.07, 6.45) is 5.56. The molecule has 5 heteroatoms. The normalized spacial score (nSPS) is 15.1. The highest BCUT2D eigenvalue weighted by atomic mass is 16.5. The Bertz CT molecular complexity index is 934. The topological polar surface area (TPSA) is 58.6 Å². The lowest BCUT2D eigenvalue weighted by Crippen LogP contribution is -2.51. The Kier molecular flexibility index (Phi) is 8.32. The van der Waals surface area contributed by atoms with E-state index in [1.165, 1.54) is 12.0 Å². The fourth-order valence-electron chi connectivity index (χ4n) is 4.19. The number of carbonyl (C=O) groups is 2. The van der Waals surface area contributed by atoms with Gasteiger partial charge in [-0.05, 0) is 69.4 Å². The highest BCUT2D eigenvalue weighted by Crippen LogP contribution is 2.19. The molecule has 2 aromatic rings. The molecule has 0 radical (unpaired) electrons. The van der Waals surface area contributed by atoms with E-state index < -0.39 is 6.04 Å². The summed E-state index contributed by atoms with van der Waals surface area (Å²) >= 11 is 0. The molecule has 1 aliphatic rings. The summed E-state index contributed by atoms with van der Waals surface area (Å²) in [6, 6.07) is 13.5. The van der Waals surface area contributed by atoms with Crippen LogP contribution in [0.4, 0.5) is 0 Å². The number of nitrogens with one attached hydrogen (secondary N) is 1. The highest BCUT2D eigenvalue weighted by molar-refractivity contribution is 5.88. The van der Waals surface area contributed by atoms with Crippen LogP contribution in [0.1, 0.15) is 61.3 Å². The predicted molar refractivity (Wildman–Crippen MR) is 128 cm³/mol. The number of benzene rings is 2. The first-order chi connectivity index (χ1) is 15.3. The first-order valence-corrected chi connectivity index (χ1v) is 11.7. The molecule has 0 spiro atoms. The van der Waals surface area contributed by atoms with Gasteiger partial charge in [-0.1, -0.05) is 55.2 Å². The van der Waals surface area contributed by atoms with Gasteiger partial charge < -0.3 is 15.0 Å². The summed E-state index contributed by atoms with van der Waals surface area (Å²) in [5.74, 6) is 0.372. The smallest absolute Gasteiger partial charge is 0.261 e. The van der Waals surface area contributed by atoms with E-state index >= 15 is 0 Å². The largest absolute Gasteiger partial charge is 0.484 e. The molecule has 0 saturated heterocycles. The minimum atomic E-state index is -0.576. The number of hydrogen-bond donors (Lipinski definition) is 1. The van der Waals surface area contributed by atoms with Crippen LogP contribution in [0, 0.1) is 20.8 Å². The molecule has 0 aliphatic heterocycles. The molecule has 0 aromatic heterocycles. The number of ether oxygens (including phenoxy) is 1. The predicted octanol–water partition coefficient (Wildman–Crippen LogP) is 4.86. The van der Waals surface area contributed by atoms with Crippen LogP contribution < -0.4 is 10.1 Å². The molecular weight excluding hydrogens is 400 g/mol. The number of rotatable bonds is 8. The van der Waals surface area contributed by atoms with Gasteiger partial charge in [-0.25, -0.2) is 0 Å². The SMILES string of the molecule is Cc1cccc(CN(C(=O)COc2ccc(C)c(C)c2)[C@@H](C)C(=O)NC2CCCCC2)c1. The summed E-state index contributed by atoms with van der Waals surface area (Å²) in [7, 11) is 0. The van der Waals surface area contributed by atoms with E-state index in [4.69, 9.17) is 4.74 Å². The highest BCUT2D eigenvalue weighted by Gasteiger charge is 2.28. The lowest BCUT2D eigenvalue weighted by molar-refractivity contribution is -0.142. The average Bonchev–Trinajstić information content (AvgIpc) is 2.78. The molecule has 172 valence electrons. The fourth-order valence-corrected chi connectivity index (χ4v) is 4.19. The van der Waals surface area contributed by atoms with Gasteiger partial charge in [-0.3, -0.25) is 9.59 Å². The Balaban J connectivity index is 1.71. The molecule has 1 saturated carbocycles. The van der Waals surface area contributed by atoms with Crippen molar-refractivity contribution < 1.29 is 14.3 Å². The van der Waals surface area contributed by atoms with Crippen LogP contribution in [-0.4, -0.2) is 35.4 Å². The zero-order valence-corrected chi connectivity index (χ0v) is 19.8. The van der Waals surface area contributed by atoms with E-state index in [0.717, 1.165) is 42.4 Å². The maximum Gasteiger partial charge on any atom is 0.261 e. The Labute approximate surface area is 192 Å². The molecule has 1 atom stereocenters. The molecule has 0 bridgehead atoms. The van der Waals surface area contributed by atoms with Crippen molar-refractivity contribution in [1.82, 2.24) is 10.2 Å². The first kappa shape index (κ1) is 23.8. The Morgan fingerprint density at radius 1 is 1.03 bits per heavy atom. The van der Waals surface area contributed by atoms with Crippen LogP contribution in [0.2, 0.25) is 0 Å². The lowest BCUT2D eigenvalue weighted by atomic mass is 9.95. The average molecular weight is 437 g/mol. The maximum absolute atomic E-state index is 13.2. The second-order valence-electron chi connectivity index (χ2n) is 9.06. The minimum Gasteiger partial charge on any atom is -0.484 e. The molecule has 1 aliphatic carbocycles. The van der Waals surface area contributed by atoms with Gasteiger partial charge in [0.15, 0.2) is 6.61 Å². The van der Waals surface area contributed by atoms with Crippen molar-refractivity contribution >= 4 is 11.8 Å². The standard InChI is InChI=1S/C27H36N2O3/c1-19-9-8-10-23(15-19)17-29(22(4)27(31)28-24-11-6-5-7-12-24)26(30)18-32-25-14-13-20(2)21(3)16-25/h8-10,13-16,22,24H,5-7,11-12,17-18H2,1-4H3,(H,28,31)/t22-/m0/s1. The maximum atomic E-state index is 13.2. The van der Waals surface area contributed by atoms with Gasteiger partial charge in [-0.2, -0.15) is 0 Å².